The quantitative estimate of drug-likeness (QED) is 0.407. The van der Waals surface area contributed by atoms with Crippen molar-refractivity contribution in [1.82, 2.24) is 15.2 Å². The first-order valence-corrected chi connectivity index (χ1v) is 12.7. The molecule has 1 unspecified atom stereocenters. The average Bonchev–Trinajstić information content (AvgIpc) is 3.53. The van der Waals surface area contributed by atoms with E-state index in [1.807, 2.05) is 24.5 Å². The molecule has 0 saturated heterocycles. The van der Waals surface area contributed by atoms with Crippen LogP contribution >= 0.6 is 22.7 Å². The number of aromatic nitrogens is 1. The van der Waals surface area contributed by atoms with Gasteiger partial charge in [0.2, 0.25) is 0 Å². The molecule has 170 valence electrons. The Hall–Kier alpha value is -2.17. The maximum Gasteiger partial charge on any atom is 0.320 e. The van der Waals surface area contributed by atoms with Crippen LogP contribution in [0.5, 0.6) is 0 Å². The minimum atomic E-state index is -1.03. The highest BCUT2D eigenvalue weighted by Gasteiger charge is 2.27. The third kappa shape index (κ3) is 4.11. The SMILES string of the molecule is COC(O)c1c(NC(=O)NCc2c(-n3cccc3)sc3c2CCNC3)sc2c1CCCC2. The van der Waals surface area contributed by atoms with Crippen LogP contribution in [0, 0.1) is 0 Å². The Morgan fingerprint density at radius 2 is 2.00 bits per heavy atom. The number of nitrogens with one attached hydrogen (secondary N) is 3. The van der Waals surface area contributed by atoms with E-state index in [9.17, 15) is 9.90 Å². The van der Waals surface area contributed by atoms with Crippen molar-refractivity contribution in [3.8, 4) is 5.00 Å². The van der Waals surface area contributed by atoms with Crippen LogP contribution in [0.25, 0.3) is 5.00 Å². The number of rotatable bonds is 6. The van der Waals surface area contributed by atoms with Crippen LogP contribution in [0.4, 0.5) is 9.80 Å². The summed E-state index contributed by atoms with van der Waals surface area (Å²) in [6.07, 6.45) is 8.17. The number of thiophene rings is 2. The standard InChI is InChI=1S/C23H28N4O3S2/c1-30-22(28)19-15-6-2-3-7-17(15)31-20(19)26-23(29)25-12-16-14-8-9-24-13-18(14)32-21(16)27-10-4-5-11-27/h4-5,10-11,22,24,28H,2-3,6-9,12-13H2,1H3,(H2,25,26,29). The van der Waals surface area contributed by atoms with Crippen molar-refractivity contribution in [1.29, 1.82) is 0 Å². The van der Waals surface area contributed by atoms with Gasteiger partial charge in [0.05, 0.1) is 0 Å². The van der Waals surface area contributed by atoms with Gasteiger partial charge in [-0.3, -0.25) is 5.32 Å². The van der Waals surface area contributed by atoms with Crippen molar-refractivity contribution in [2.45, 2.75) is 51.5 Å². The molecule has 2 aliphatic rings. The van der Waals surface area contributed by atoms with E-state index in [0.29, 0.717) is 11.5 Å². The highest BCUT2D eigenvalue weighted by atomic mass is 32.1. The number of urea groups is 1. The number of fused-ring (bicyclic) bond motifs is 2. The zero-order valence-electron chi connectivity index (χ0n) is 18.1. The van der Waals surface area contributed by atoms with E-state index in [2.05, 4.69) is 20.5 Å². The molecule has 1 atom stereocenters. The number of ether oxygens (including phenoxy) is 1. The lowest BCUT2D eigenvalue weighted by atomic mass is 9.95. The molecule has 2 amide bonds. The smallest absolute Gasteiger partial charge is 0.320 e. The van der Waals surface area contributed by atoms with Crippen LogP contribution in [-0.4, -0.2) is 29.4 Å². The largest absolute Gasteiger partial charge is 0.364 e. The van der Waals surface area contributed by atoms with Crippen LogP contribution in [-0.2, 0) is 37.1 Å². The zero-order chi connectivity index (χ0) is 22.1. The Morgan fingerprint density at radius 1 is 1.19 bits per heavy atom. The Morgan fingerprint density at radius 3 is 2.81 bits per heavy atom. The lowest BCUT2D eigenvalue weighted by Crippen LogP contribution is -2.30. The van der Waals surface area contributed by atoms with Crippen LogP contribution in [0.1, 0.15) is 51.1 Å². The van der Waals surface area contributed by atoms with Crippen LogP contribution in [0.2, 0.25) is 0 Å². The topological polar surface area (TPSA) is 87.6 Å². The van der Waals surface area contributed by atoms with Gasteiger partial charge in [-0.2, -0.15) is 0 Å². The van der Waals surface area contributed by atoms with Crippen molar-refractivity contribution in [2.24, 2.45) is 0 Å². The second-order valence-electron chi connectivity index (χ2n) is 8.15. The predicted octanol–water partition coefficient (Wildman–Crippen LogP) is 4.08. The zero-order valence-corrected chi connectivity index (χ0v) is 19.7. The Kier molecular flexibility index (Phi) is 6.34. The number of nitrogens with zero attached hydrogens (tertiary/aromatic N) is 1. The molecular weight excluding hydrogens is 444 g/mol. The van der Waals surface area contributed by atoms with Gasteiger partial charge < -0.3 is 25.0 Å². The van der Waals surface area contributed by atoms with Crippen molar-refractivity contribution in [3.63, 3.8) is 0 Å². The van der Waals surface area contributed by atoms with Crippen LogP contribution in [0.15, 0.2) is 24.5 Å². The third-order valence-electron chi connectivity index (χ3n) is 6.19. The van der Waals surface area contributed by atoms with Crippen molar-refractivity contribution in [2.75, 3.05) is 19.0 Å². The molecule has 1 aliphatic heterocycles. The van der Waals surface area contributed by atoms with E-state index in [1.165, 1.54) is 28.0 Å². The van der Waals surface area contributed by atoms with Gasteiger partial charge in [-0.15, -0.1) is 22.7 Å². The normalized spacial score (nSPS) is 16.3. The van der Waals surface area contributed by atoms with Gasteiger partial charge in [-0.25, -0.2) is 4.79 Å². The van der Waals surface area contributed by atoms with E-state index >= 15 is 0 Å². The van der Waals surface area contributed by atoms with Crippen LogP contribution in [0.3, 0.4) is 0 Å². The number of aliphatic hydroxyl groups excluding tert-OH is 1. The number of carbonyl (C=O) groups excluding carboxylic acids is 1. The van der Waals surface area contributed by atoms with Gasteiger partial charge in [0, 0.05) is 53.5 Å². The van der Waals surface area contributed by atoms with Crippen molar-refractivity contribution in [3.05, 3.63) is 56.5 Å². The number of carbonyl (C=O) groups is 1. The molecule has 9 heteroatoms. The van der Waals surface area contributed by atoms with Gasteiger partial charge in [0.25, 0.3) is 0 Å². The summed E-state index contributed by atoms with van der Waals surface area (Å²) in [4.78, 5) is 15.5. The lowest BCUT2D eigenvalue weighted by molar-refractivity contribution is -0.0767. The number of anilines is 1. The monoisotopic (exact) mass is 472 g/mol. The summed E-state index contributed by atoms with van der Waals surface area (Å²) in [7, 11) is 1.48. The lowest BCUT2D eigenvalue weighted by Gasteiger charge is -2.17. The summed E-state index contributed by atoms with van der Waals surface area (Å²) in [5.41, 5.74) is 4.38. The predicted molar refractivity (Wildman–Crippen MR) is 128 cm³/mol. The number of hydrogen-bond donors (Lipinski definition) is 4. The molecule has 0 bridgehead atoms. The summed E-state index contributed by atoms with van der Waals surface area (Å²) >= 11 is 3.34. The van der Waals surface area contributed by atoms with Gasteiger partial charge >= 0.3 is 6.03 Å². The molecule has 1 aliphatic carbocycles. The van der Waals surface area contributed by atoms with Crippen molar-refractivity contribution < 1.29 is 14.6 Å². The molecular formula is C23H28N4O3S2. The van der Waals surface area contributed by atoms with Gasteiger partial charge in [0.1, 0.15) is 10.0 Å². The fourth-order valence-electron chi connectivity index (χ4n) is 4.62. The first-order valence-electron chi connectivity index (χ1n) is 11.0. The molecule has 3 aromatic rings. The Labute approximate surface area is 195 Å². The van der Waals surface area contributed by atoms with Crippen LogP contribution < -0.4 is 16.0 Å². The molecule has 0 spiro atoms. The van der Waals surface area contributed by atoms with Gasteiger partial charge in [-0.1, -0.05) is 0 Å². The summed E-state index contributed by atoms with van der Waals surface area (Å²) in [5, 5.41) is 21.8. The number of amides is 2. The molecule has 4 heterocycles. The third-order valence-corrected chi connectivity index (χ3v) is 8.70. The summed E-state index contributed by atoms with van der Waals surface area (Å²) in [5.74, 6) is 0. The summed E-state index contributed by atoms with van der Waals surface area (Å²) in [6.45, 7) is 2.28. The first kappa shape index (κ1) is 21.7. The van der Waals surface area contributed by atoms with E-state index in [-0.39, 0.29) is 6.03 Å². The van der Waals surface area contributed by atoms with Gasteiger partial charge in [0.15, 0.2) is 6.29 Å². The van der Waals surface area contributed by atoms with Crippen molar-refractivity contribution >= 4 is 33.7 Å². The highest BCUT2D eigenvalue weighted by Crippen LogP contribution is 2.41. The molecule has 32 heavy (non-hydrogen) atoms. The minimum absolute atomic E-state index is 0.263. The Bertz CT molecular complexity index is 1100. The molecule has 0 aromatic carbocycles. The molecule has 5 rings (SSSR count). The van der Waals surface area contributed by atoms with E-state index in [1.54, 1.807) is 22.7 Å². The number of aryl methyl sites for hydroxylation is 1. The average molecular weight is 473 g/mol. The highest BCUT2D eigenvalue weighted by molar-refractivity contribution is 7.16. The van der Waals surface area contributed by atoms with Gasteiger partial charge in [-0.05, 0) is 61.9 Å². The summed E-state index contributed by atoms with van der Waals surface area (Å²) < 4.78 is 7.33. The molecule has 0 fully saturated rings. The first-order chi connectivity index (χ1) is 15.7. The summed E-state index contributed by atoms with van der Waals surface area (Å²) in [6, 6.07) is 3.77. The maximum atomic E-state index is 12.9. The van der Waals surface area contributed by atoms with E-state index in [0.717, 1.165) is 61.3 Å². The fourth-order valence-corrected chi connectivity index (χ4v) is 7.23. The molecule has 0 radical (unpaired) electrons. The second-order valence-corrected chi connectivity index (χ2v) is 10.3. The van der Waals surface area contributed by atoms with E-state index in [4.69, 9.17) is 4.74 Å². The molecule has 4 N–H and O–H groups in total. The Balaban J connectivity index is 1.35. The fraction of sp³-hybridized carbons (Fsp3) is 0.435. The number of methoxy groups -OCH3 is 1. The molecule has 0 saturated carbocycles. The number of hydrogen-bond acceptors (Lipinski definition) is 6. The molecule has 7 nitrogen and oxygen atoms in total. The van der Waals surface area contributed by atoms with E-state index < -0.39 is 6.29 Å². The molecule has 3 aromatic heterocycles. The number of aliphatic hydroxyl groups is 1. The second kappa shape index (κ2) is 9.36. The maximum absolute atomic E-state index is 12.9. The minimum Gasteiger partial charge on any atom is -0.364 e.